The van der Waals surface area contributed by atoms with E-state index in [1.54, 1.807) is 44.5 Å². The molecule has 0 saturated heterocycles. The number of carbonyl (C=O) groups excluding carboxylic acids is 3. The monoisotopic (exact) mass is 620 g/mol. The number of hydrogen-bond acceptors (Lipinski definition) is 9. The molecule has 1 fully saturated rings. The summed E-state index contributed by atoms with van der Waals surface area (Å²) >= 11 is 0. The highest BCUT2D eigenvalue weighted by atomic mass is 16.5. The van der Waals surface area contributed by atoms with Crippen molar-refractivity contribution in [2.45, 2.75) is 33.2 Å². The number of ether oxygens (including phenoxy) is 1. The van der Waals surface area contributed by atoms with Crippen molar-refractivity contribution in [1.29, 1.82) is 5.26 Å². The summed E-state index contributed by atoms with van der Waals surface area (Å²) < 4.78 is 5.88. The van der Waals surface area contributed by atoms with Crippen LogP contribution in [-0.4, -0.2) is 59.0 Å². The van der Waals surface area contributed by atoms with Gasteiger partial charge in [0, 0.05) is 43.4 Å². The van der Waals surface area contributed by atoms with Gasteiger partial charge in [0.1, 0.15) is 5.75 Å². The summed E-state index contributed by atoms with van der Waals surface area (Å²) in [5.74, 6) is -0.222. The zero-order valence-corrected chi connectivity index (χ0v) is 26.5. The van der Waals surface area contributed by atoms with Crippen LogP contribution in [0.4, 0.5) is 17.2 Å². The van der Waals surface area contributed by atoms with Gasteiger partial charge < -0.3 is 25.6 Å². The minimum absolute atomic E-state index is 0.0332. The third-order valence-electron chi connectivity index (χ3n) is 7.30. The molecule has 1 aliphatic rings. The molecule has 0 spiro atoms. The Balaban J connectivity index is 1.60. The molecule has 0 bridgehead atoms. The number of hydrogen-bond donors (Lipinski definition) is 3. The summed E-state index contributed by atoms with van der Waals surface area (Å²) in [4.78, 5) is 43.8. The van der Waals surface area contributed by atoms with Gasteiger partial charge in [-0.1, -0.05) is 24.8 Å². The third kappa shape index (κ3) is 7.81. The Morgan fingerprint density at radius 2 is 1.91 bits per heavy atom. The van der Waals surface area contributed by atoms with Crippen LogP contribution in [0.1, 0.15) is 52.6 Å². The summed E-state index contributed by atoms with van der Waals surface area (Å²) in [6.45, 7) is 7.98. The van der Waals surface area contributed by atoms with Gasteiger partial charge in [0.15, 0.2) is 11.5 Å². The van der Waals surface area contributed by atoms with Crippen LogP contribution in [0, 0.1) is 24.2 Å². The Morgan fingerprint density at radius 3 is 2.57 bits per heavy atom. The fraction of sp³-hybridized carbons (Fsp3) is 0.265. The number of nitrogens with zero attached hydrogens (tertiary/aromatic N) is 5. The second kappa shape index (κ2) is 14.8. The number of allylic oxidation sites excluding steroid dienone is 3. The van der Waals surface area contributed by atoms with Gasteiger partial charge >= 0.3 is 0 Å². The van der Waals surface area contributed by atoms with E-state index in [1.165, 1.54) is 18.1 Å². The number of amides is 3. The summed E-state index contributed by atoms with van der Waals surface area (Å²) in [6.07, 6.45) is 8.51. The molecule has 12 heteroatoms. The maximum Gasteiger partial charge on any atom is 0.273 e. The number of nitrogens with one attached hydrogen (secondary N) is 3. The lowest BCUT2D eigenvalue weighted by Crippen LogP contribution is -2.27. The average Bonchev–Trinajstić information content (AvgIpc) is 3.91. The van der Waals surface area contributed by atoms with E-state index in [1.807, 2.05) is 32.1 Å². The number of benzene rings is 1. The molecule has 0 atom stereocenters. The number of aryl methyl sites for hydroxylation is 1. The molecular formula is C34H36N8O4. The standard InChI is InChI=1S/C34H36N8O4/c1-7-23(10-8-21(3)34(45)42(5)19-25-16-22(18-35)14-15-37-25)29-20(2)9-13-26(31(29)46-6)38-27-17-28(39-32(43)24-11-12-24)40-41-30(27)33(44)36-4/h7-10,13-17,24H,3,11-12,19H2,1-2,4-6H3,(H,36,44)(H2,38,39,40,43)/b10-8-,23-7+. The number of rotatable bonds is 12. The maximum absolute atomic E-state index is 13.1. The first-order valence-electron chi connectivity index (χ1n) is 14.6. The quantitative estimate of drug-likeness (QED) is 0.193. The molecule has 4 rings (SSSR count). The Morgan fingerprint density at radius 1 is 1.15 bits per heavy atom. The van der Waals surface area contributed by atoms with E-state index < -0.39 is 5.91 Å². The van der Waals surface area contributed by atoms with Crippen molar-refractivity contribution < 1.29 is 19.1 Å². The van der Waals surface area contributed by atoms with Gasteiger partial charge in [-0.3, -0.25) is 19.4 Å². The van der Waals surface area contributed by atoms with Gasteiger partial charge in [0.05, 0.1) is 42.4 Å². The van der Waals surface area contributed by atoms with Crippen molar-refractivity contribution in [3.05, 3.63) is 95.0 Å². The molecule has 3 amide bonds. The van der Waals surface area contributed by atoms with Crippen LogP contribution >= 0.6 is 0 Å². The Bertz CT molecular complexity index is 1790. The molecule has 3 N–H and O–H groups in total. The van der Waals surface area contributed by atoms with E-state index in [4.69, 9.17) is 10.00 Å². The predicted octanol–water partition coefficient (Wildman–Crippen LogP) is 4.69. The van der Waals surface area contributed by atoms with E-state index in [-0.39, 0.29) is 41.4 Å². The average molecular weight is 621 g/mol. The molecule has 1 saturated carbocycles. The van der Waals surface area contributed by atoms with Gasteiger partial charge in [0.2, 0.25) is 5.91 Å². The lowest BCUT2D eigenvalue weighted by Gasteiger charge is -2.19. The van der Waals surface area contributed by atoms with Crippen LogP contribution in [0.3, 0.4) is 0 Å². The Kier molecular flexibility index (Phi) is 10.6. The van der Waals surface area contributed by atoms with Crippen molar-refractivity contribution in [3.63, 3.8) is 0 Å². The minimum Gasteiger partial charge on any atom is -0.494 e. The molecule has 12 nitrogen and oxygen atoms in total. The predicted molar refractivity (Wildman–Crippen MR) is 175 cm³/mol. The fourth-order valence-corrected chi connectivity index (χ4v) is 4.68. The van der Waals surface area contributed by atoms with E-state index in [2.05, 4.69) is 43.8 Å². The first kappa shape index (κ1) is 33.1. The summed E-state index contributed by atoms with van der Waals surface area (Å²) in [6, 6.07) is 10.6. The number of aromatic nitrogens is 3. The number of likely N-dealkylation sites (N-methyl/N-ethyl adjacent to an activating group) is 1. The van der Waals surface area contributed by atoms with E-state index in [0.717, 1.165) is 29.5 Å². The lowest BCUT2D eigenvalue weighted by atomic mass is 9.96. The first-order chi connectivity index (χ1) is 22.1. The van der Waals surface area contributed by atoms with Gasteiger partial charge in [-0.25, -0.2) is 0 Å². The molecular weight excluding hydrogens is 584 g/mol. The summed E-state index contributed by atoms with van der Waals surface area (Å²) in [7, 11) is 4.68. The molecule has 2 aromatic heterocycles. The van der Waals surface area contributed by atoms with E-state index >= 15 is 0 Å². The van der Waals surface area contributed by atoms with Crippen molar-refractivity contribution >= 4 is 40.5 Å². The molecule has 3 aromatic rings. The zero-order valence-electron chi connectivity index (χ0n) is 26.5. The molecule has 1 aromatic carbocycles. The lowest BCUT2D eigenvalue weighted by molar-refractivity contribution is -0.126. The maximum atomic E-state index is 13.1. The number of nitriles is 1. The van der Waals surface area contributed by atoms with E-state index in [9.17, 15) is 14.4 Å². The van der Waals surface area contributed by atoms with Crippen molar-refractivity contribution in [3.8, 4) is 11.8 Å². The number of anilines is 3. The van der Waals surface area contributed by atoms with Crippen LogP contribution in [-0.2, 0) is 16.1 Å². The third-order valence-corrected chi connectivity index (χ3v) is 7.30. The number of pyridine rings is 1. The van der Waals surface area contributed by atoms with Crippen molar-refractivity contribution in [2.24, 2.45) is 5.92 Å². The highest BCUT2D eigenvalue weighted by Gasteiger charge is 2.30. The van der Waals surface area contributed by atoms with Gasteiger partial charge in [-0.15, -0.1) is 10.2 Å². The number of carbonyl (C=O) groups is 3. The zero-order chi connectivity index (χ0) is 33.4. The molecule has 46 heavy (non-hydrogen) atoms. The van der Waals surface area contributed by atoms with Crippen molar-refractivity contribution in [1.82, 2.24) is 25.4 Å². The van der Waals surface area contributed by atoms with Crippen LogP contribution in [0.15, 0.2) is 66.9 Å². The van der Waals surface area contributed by atoms with Crippen LogP contribution in [0.2, 0.25) is 0 Å². The van der Waals surface area contributed by atoms with Crippen LogP contribution < -0.4 is 20.7 Å². The fourth-order valence-electron chi connectivity index (χ4n) is 4.68. The minimum atomic E-state index is -0.458. The molecule has 0 radical (unpaired) electrons. The number of methoxy groups -OCH3 is 1. The van der Waals surface area contributed by atoms with Crippen molar-refractivity contribution in [2.75, 3.05) is 31.8 Å². The smallest absolute Gasteiger partial charge is 0.273 e. The largest absolute Gasteiger partial charge is 0.494 e. The SMILES string of the molecule is C=C(/C=C\C(=C/C)c1c(C)ccc(Nc2cc(NC(=O)C3CC3)nnc2C(=O)NC)c1OC)C(=O)N(C)Cc1cc(C#N)ccn1. The Hall–Kier alpha value is -5.83. The van der Waals surface area contributed by atoms with E-state index in [0.29, 0.717) is 28.4 Å². The topological polar surface area (TPSA) is 162 Å². The summed E-state index contributed by atoms with van der Waals surface area (Å²) in [5.41, 5.74) is 4.62. The normalized spacial score (nSPS) is 12.7. The van der Waals surface area contributed by atoms with Gasteiger partial charge in [-0.2, -0.15) is 5.26 Å². The van der Waals surface area contributed by atoms with Crippen LogP contribution in [0.25, 0.3) is 5.57 Å². The van der Waals surface area contributed by atoms with Crippen LogP contribution in [0.5, 0.6) is 5.75 Å². The second-order valence-corrected chi connectivity index (χ2v) is 10.7. The van der Waals surface area contributed by atoms with Gasteiger partial charge in [0.25, 0.3) is 11.8 Å². The molecule has 0 unspecified atom stereocenters. The van der Waals surface area contributed by atoms with Gasteiger partial charge in [-0.05, 0) is 62.1 Å². The second-order valence-electron chi connectivity index (χ2n) is 10.7. The molecule has 236 valence electrons. The summed E-state index contributed by atoms with van der Waals surface area (Å²) in [5, 5.41) is 25.8. The first-order valence-corrected chi connectivity index (χ1v) is 14.6. The highest BCUT2D eigenvalue weighted by Crippen LogP contribution is 2.39. The molecule has 0 aliphatic heterocycles. The Labute approximate surface area is 267 Å². The highest BCUT2D eigenvalue weighted by molar-refractivity contribution is 6.00. The molecule has 1 aliphatic carbocycles. The molecule has 2 heterocycles.